The Hall–Kier alpha value is -0.830. The number of hydrogen-bond donors (Lipinski definition) is 0. The summed E-state index contributed by atoms with van der Waals surface area (Å²) in [7, 11) is 0. The molecule has 0 aliphatic carbocycles. The van der Waals surface area contributed by atoms with Gasteiger partial charge < -0.3 is 0 Å². The van der Waals surface area contributed by atoms with Gasteiger partial charge in [-0.15, -0.1) is 5.10 Å². The second-order valence-corrected chi connectivity index (χ2v) is 4.48. The van der Waals surface area contributed by atoms with E-state index in [-0.39, 0.29) is 5.15 Å². The molecule has 1 aromatic heterocycles. The molecule has 82 valence electrons. The molecule has 5 heteroatoms. The van der Waals surface area contributed by atoms with Gasteiger partial charge in [0.1, 0.15) is 0 Å². The molecule has 0 radical (unpaired) electrons. The SMILES string of the molecule is Clc1cccc(Cc2cc(Cl)c(Cl)nn2)c1. The molecule has 0 unspecified atom stereocenters. The number of nitrogens with zero attached hydrogens (tertiary/aromatic N) is 2. The molecule has 2 nitrogen and oxygen atoms in total. The number of aromatic nitrogens is 2. The normalized spacial score (nSPS) is 10.4. The van der Waals surface area contributed by atoms with E-state index in [1.54, 1.807) is 6.07 Å². The molecule has 0 aliphatic heterocycles. The molecule has 1 heterocycles. The van der Waals surface area contributed by atoms with Crippen molar-refractivity contribution in [3.63, 3.8) is 0 Å². The quantitative estimate of drug-likeness (QED) is 0.825. The van der Waals surface area contributed by atoms with Gasteiger partial charge in [0.15, 0.2) is 5.15 Å². The van der Waals surface area contributed by atoms with E-state index in [9.17, 15) is 0 Å². The van der Waals surface area contributed by atoms with Gasteiger partial charge in [0.25, 0.3) is 0 Å². The second kappa shape index (κ2) is 5.00. The van der Waals surface area contributed by atoms with Crippen LogP contribution in [-0.4, -0.2) is 10.2 Å². The van der Waals surface area contributed by atoms with Crippen molar-refractivity contribution in [1.82, 2.24) is 10.2 Å². The van der Waals surface area contributed by atoms with Crippen molar-refractivity contribution >= 4 is 34.8 Å². The van der Waals surface area contributed by atoms with Crippen LogP contribution >= 0.6 is 34.8 Å². The van der Waals surface area contributed by atoms with Crippen LogP contribution < -0.4 is 0 Å². The molecular formula is C11H7Cl3N2. The maximum atomic E-state index is 5.88. The Kier molecular flexibility index (Phi) is 3.64. The summed E-state index contributed by atoms with van der Waals surface area (Å²) in [6.07, 6.45) is 0.629. The lowest BCUT2D eigenvalue weighted by atomic mass is 10.1. The van der Waals surface area contributed by atoms with E-state index in [0.29, 0.717) is 16.5 Å². The van der Waals surface area contributed by atoms with Crippen LogP contribution in [0.4, 0.5) is 0 Å². The lowest BCUT2D eigenvalue weighted by Crippen LogP contribution is -1.95. The summed E-state index contributed by atoms with van der Waals surface area (Å²) in [5, 5.41) is 9.03. The fourth-order valence-corrected chi connectivity index (χ4v) is 1.80. The second-order valence-electron chi connectivity index (χ2n) is 3.28. The summed E-state index contributed by atoms with van der Waals surface area (Å²) in [4.78, 5) is 0. The maximum Gasteiger partial charge on any atom is 0.170 e. The van der Waals surface area contributed by atoms with Gasteiger partial charge in [0, 0.05) is 11.4 Å². The zero-order chi connectivity index (χ0) is 11.5. The predicted molar refractivity (Wildman–Crippen MR) is 66.3 cm³/mol. The molecular weight excluding hydrogens is 266 g/mol. The zero-order valence-corrected chi connectivity index (χ0v) is 10.4. The van der Waals surface area contributed by atoms with Gasteiger partial charge in [-0.1, -0.05) is 46.9 Å². The third-order valence-electron chi connectivity index (χ3n) is 2.03. The minimum atomic E-state index is 0.219. The van der Waals surface area contributed by atoms with Crippen LogP contribution in [-0.2, 0) is 6.42 Å². The zero-order valence-electron chi connectivity index (χ0n) is 8.12. The van der Waals surface area contributed by atoms with Crippen LogP contribution in [0.3, 0.4) is 0 Å². The Morgan fingerprint density at radius 2 is 1.81 bits per heavy atom. The van der Waals surface area contributed by atoms with E-state index >= 15 is 0 Å². The highest BCUT2D eigenvalue weighted by Crippen LogP contribution is 2.20. The Bertz CT molecular complexity index is 514. The van der Waals surface area contributed by atoms with E-state index in [1.807, 2.05) is 24.3 Å². The van der Waals surface area contributed by atoms with Crippen molar-refractivity contribution in [3.05, 3.63) is 56.8 Å². The largest absolute Gasteiger partial charge is 0.170 e. The Morgan fingerprint density at radius 3 is 2.50 bits per heavy atom. The fraction of sp³-hybridized carbons (Fsp3) is 0.0909. The smallest absolute Gasteiger partial charge is 0.154 e. The van der Waals surface area contributed by atoms with Crippen LogP contribution in [0, 0.1) is 0 Å². The number of benzene rings is 1. The summed E-state index contributed by atoms with van der Waals surface area (Å²) in [6.45, 7) is 0. The van der Waals surface area contributed by atoms with Gasteiger partial charge in [0.2, 0.25) is 0 Å². The first kappa shape index (κ1) is 11.6. The molecule has 0 saturated heterocycles. The third-order valence-corrected chi connectivity index (χ3v) is 2.93. The van der Waals surface area contributed by atoms with Crippen molar-refractivity contribution in [2.75, 3.05) is 0 Å². The standard InChI is InChI=1S/C11H7Cl3N2/c12-8-3-1-2-7(4-8)5-9-6-10(13)11(14)16-15-9/h1-4,6H,5H2. The molecule has 0 saturated carbocycles. The molecule has 2 aromatic rings. The summed E-state index contributed by atoms with van der Waals surface area (Å²) >= 11 is 17.4. The first-order chi connectivity index (χ1) is 7.65. The van der Waals surface area contributed by atoms with Crippen LogP contribution in [0.25, 0.3) is 0 Å². The molecule has 16 heavy (non-hydrogen) atoms. The van der Waals surface area contributed by atoms with Crippen molar-refractivity contribution in [3.8, 4) is 0 Å². The van der Waals surface area contributed by atoms with Crippen LogP contribution in [0.5, 0.6) is 0 Å². The summed E-state index contributed by atoms with van der Waals surface area (Å²) < 4.78 is 0. The van der Waals surface area contributed by atoms with Gasteiger partial charge >= 0.3 is 0 Å². The van der Waals surface area contributed by atoms with E-state index in [0.717, 1.165) is 11.3 Å². The molecule has 0 amide bonds. The Balaban J connectivity index is 2.24. The molecule has 0 spiro atoms. The summed E-state index contributed by atoms with van der Waals surface area (Å²) in [6, 6.07) is 9.27. The predicted octanol–water partition coefficient (Wildman–Crippen LogP) is 4.03. The lowest BCUT2D eigenvalue weighted by molar-refractivity contribution is 0.937. The highest BCUT2D eigenvalue weighted by Gasteiger charge is 2.04. The molecule has 0 fully saturated rings. The first-order valence-electron chi connectivity index (χ1n) is 4.57. The number of rotatable bonds is 2. The highest BCUT2D eigenvalue weighted by molar-refractivity contribution is 6.41. The summed E-state index contributed by atoms with van der Waals surface area (Å²) in [5.41, 5.74) is 1.82. The minimum Gasteiger partial charge on any atom is -0.154 e. The van der Waals surface area contributed by atoms with Crippen molar-refractivity contribution < 1.29 is 0 Å². The average molecular weight is 274 g/mol. The Labute approximate surface area is 108 Å². The first-order valence-corrected chi connectivity index (χ1v) is 5.70. The molecule has 0 atom stereocenters. The molecule has 1 aromatic carbocycles. The van der Waals surface area contributed by atoms with Crippen LogP contribution in [0.15, 0.2) is 30.3 Å². The molecule has 0 aliphatic rings. The monoisotopic (exact) mass is 272 g/mol. The lowest BCUT2D eigenvalue weighted by Gasteiger charge is -2.02. The van der Waals surface area contributed by atoms with Crippen LogP contribution in [0.2, 0.25) is 15.2 Å². The van der Waals surface area contributed by atoms with E-state index in [1.165, 1.54) is 0 Å². The number of hydrogen-bond acceptors (Lipinski definition) is 2. The number of halogens is 3. The van der Waals surface area contributed by atoms with E-state index in [4.69, 9.17) is 34.8 Å². The fourth-order valence-electron chi connectivity index (χ4n) is 1.33. The van der Waals surface area contributed by atoms with Gasteiger partial charge in [-0.2, -0.15) is 5.10 Å². The minimum absolute atomic E-state index is 0.219. The molecule has 2 rings (SSSR count). The van der Waals surface area contributed by atoms with Crippen LogP contribution in [0.1, 0.15) is 11.3 Å². The molecule has 0 bridgehead atoms. The Morgan fingerprint density at radius 1 is 1.00 bits per heavy atom. The summed E-state index contributed by atoms with van der Waals surface area (Å²) in [5.74, 6) is 0. The molecule has 0 N–H and O–H groups in total. The highest BCUT2D eigenvalue weighted by atomic mass is 35.5. The van der Waals surface area contributed by atoms with Gasteiger partial charge in [0.05, 0.1) is 10.7 Å². The topological polar surface area (TPSA) is 25.8 Å². The van der Waals surface area contributed by atoms with E-state index in [2.05, 4.69) is 10.2 Å². The van der Waals surface area contributed by atoms with Crippen molar-refractivity contribution in [2.24, 2.45) is 0 Å². The maximum absolute atomic E-state index is 5.88. The van der Waals surface area contributed by atoms with Gasteiger partial charge in [-0.3, -0.25) is 0 Å². The van der Waals surface area contributed by atoms with Crippen molar-refractivity contribution in [1.29, 1.82) is 0 Å². The van der Waals surface area contributed by atoms with Gasteiger partial charge in [-0.05, 0) is 23.8 Å². The van der Waals surface area contributed by atoms with Crippen molar-refractivity contribution in [2.45, 2.75) is 6.42 Å². The van der Waals surface area contributed by atoms with Gasteiger partial charge in [-0.25, -0.2) is 0 Å². The van der Waals surface area contributed by atoms with E-state index < -0.39 is 0 Å². The third kappa shape index (κ3) is 2.85. The average Bonchev–Trinajstić information content (AvgIpc) is 2.24.